The zero-order valence-corrected chi connectivity index (χ0v) is 15.8. The molecule has 0 bridgehead atoms. The molecular weight excluding hydrogens is 353 g/mol. The van der Waals surface area contributed by atoms with Crippen molar-refractivity contribution < 1.29 is 0 Å². The number of nitrogens with two attached hydrogens (primary N) is 1. The summed E-state index contributed by atoms with van der Waals surface area (Å²) in [5.74, 6) is 0. The highest BCUT2D eigenvalue weighted by molar-refractivity contribution is 5.86. The van der Waals surface area contributed by atoms with E-state index in [0.29, 0.717) is 0 Å². The van der Waals surface area contributed by atoms with E-state index in [2.05, 4.69) is 34.1 Å². The van der Waals surface area contributed by atoms with Crippen molar-refractivity contribution >= 4 is 47.1 Å². The fourth-order valence-electron chi connectivity index (χ4n) is 3.74. The van der Waals surface area contributed by atoms with Gasteiger partial charge in [-0.2, -0.15) is 0 Å². The van der Waals surface area contributed by atoms with Crippen LogP contribution in [0.1, 0.15) is 24.1 Å². The monoisotopic (exact) mass is 377 g/mol. The lowest BCUT2D eigenvalue weighted by Gasteiger charge is -2.17. The summed E-state index contributed by atoms with van der Waals surface area (Å²) in [6, 6.07) is 16.8. The topological polar surface area (TPSA) is 43.0 Å². The third-order valence-corrected chi connectivity index (χ3v) is 4.85. The van der Waals surface area contributed by atoms with E-state index in [1.54, 1.807) is 5.69 Å². The first-order chi connectivity index (χ1) is 11.3. The zero-order chi connectivity index (χ0) is 15.6. The number of hydrogen-bond acceptors (Lipinski definition) is 2. The molecule has 134 valence electrons. The standard InChI is InChI=1S/C20H23N3.2ClH/c21-15-8-10-16(11-9-15)22-13-12-18-17-5-1-2-6-19(17)23-14-4-3-7-20(18)23;;/h1-2,5-6,8-11,22H,3-4,7,12-14,21H2;2*1H. The average Bonchev–Trinajstić information content (AvgIpc) is 2.91. The Hall–Kier alpha value is -1.84. The zero-order valence-electron chi connectivity index (χ0n) is 14.2. The molecule has 3 N–H and O–H groups in total. The van der Waals surface area contributed by atoms with E-state index in [-0.39, 0.29) is 24.8 Å². The van der Waals surface area contributed by atoms with Gasteiger partial charge in [0.1, 0.15) is 0 Å². The van der Waals surface area contributed by atoms with Gasteiger partial charge in [-0.05, 0) is 61.6 Å². The van der Waals surface area contributed by atoms with Crippen LogP contribution in [-0.4, -0.2) is 11.1 Å². The number of aromatic nitrogens is 1. The molecule has 2 aromatic carbocycles. The second kappa shape index (κ2) is 8.50. The van der Waals surface area contributed by atoms with Gasteiger partial charge in [-0.1, -0.05) is 18.2 Å². The molecule has 25 heavy (non-hydrogen) atoms. The Balaban J connectivity index is 0.00000113. The number of nitrogens with zero attached hydrogens (tertiary/aromatic N) is 1. The normalized spacial score (nSPS) is 12.8. The van der Waals surface area contributed by atoms with Crippen molar-refractivity contribution in [2.45, 2.75) is 32.2 Å². The molecule has 0 aliphatic carbocycles. The van der Waals surface area contributed by atoms with Crippen molar-refractivity contribution in [1.82, 2.24) is 4.57 Å². The number of rotatable bonds is 4. The van der Waals surface area contributed by atoms with E-state index < -0.39 is 0 Å². The van der Waals surface area contributed by atoms with Gasteiger partial charge in [-0.25, -0.2) is 0 Å². The second-order valence-electron chi connectivity index (χ2n) is 6.35. The number of benzene rings is 2. The van der Waals surface area contributed by atoms with Crippen molar-refractivity contribution in [3.63, 3.8) is 0 Å². The Kier molecular flexibility index (Phi) is 6.63. The van der Waals surface area contributed by atoms with Crippen LogP contribution in [0, 0.1) is 0 Å². The number of hydrogen-bond donors (Lipinski definition) is 2. The number of para-hydroxylation sites is 1. The maximum Gasteiger partial charge on any atom is 0.0485 e. The number of nitrogens with one attached hydrogen (secondary N) is 1. The van der Waals surface area contributed by atoms with Crippen LogP contribution >= 0.6 is 24.8 Å². The lowest BCUT2D eigenvalue weighted by Crippen LogP contribution is -2.12. The van der Waals surface area contributed by atoms with Crippen LogP contribution < -0.4 is 11.1 Å². The Morgan fingerprint density at radius 3 is 2.52 bits per heavy atom. The van der Waals surface area contributed by atoms with E-state index in [0.717, 1.165) is 24.3 Å². The van der Waals surface area contributed by atoms with E-state index >= 15 is 0 Å². The van der Waals surface area contributed by atoms with Crippen LogP contribution in [0.5, 0.6) is 0 Å². The summed E-state index contributed by atoms with van der Waals surface area (Å²) in [4.78, 5) is 0. The predicted octanol–water partition coefficient (Wildman–Crippen LogP) is 5.06. The number of anilines is 2. The molecule has 0 atom stereocenters. The Morgan fingerprint density at radius 1 is 0.960 bits per heavy atom. The fraction of sp³-hybridized carbons (Fsp3) is 0.300. The van der Waals surface area contributed by atoms with Crippen LogP contribution in [0.4, 0.5) is 11.4 Å². The summed E-state index contributed by atoms with van der Waals surface area (Å²) in [5.41, 5.74) is 12.2. The van der Waals surface area contributed by atoms with Gasteiger partial charge in [-0.15, -0.1) is 24.8 Å². The quantitative estimate of drug-likeness (QED) is 0.624. The van der Waals surface area contributed by atoms with Gasteiger partial charge in [0.15, 0.2) is 0 Å². The van der Waals surface area contributed by atoms with E-state index in [1.807, 2.05) is 24.3 Å². The summed E-state index contributed by atoms with van der Waals surface area (Å²) in [7, 11) is 0. The van der Waals surface area contributed by atoms with Crippen molar-refractivity contribution in [2.24, 2.45) is 0 Å². The smallest absolute Gasteiger partial charge is 0.0485 e. The van der Waals surface area contributed by atoms with E-state index in [9.17, 15) is 0 Å². The predicted molar refractivity (Wildman–Crippen MR) is 112 cm³/mol. The third-order valence-electron chi connectivity index (χ3n) is 4.85. The van der Waals surface area contributed by atoms with E-state index in [4.69, 9.17) is 5.73 Å². The summed E-state index contributed by atoms with van der Waals surface area (Å²) in [6.45, 7) is 2.12. The molecule has 3 aromatic rings. The highest BCUT2D eigenvalue weighted by atomic mass is 35.5. The minimum atomic E-state index is 0. The Labute approximate surface area is 161 Å². The molecule has 1 aliphatic heterocycles. The molecule has 3 nitrogen and oxygen atoms in total. The van der Waals surface area contributed by atoms with Gasteiger partial charge in [-0.3, -0.25) is 0 Å². The van der Waals surface area contributed by atoms with Crippen LogP contribution in [0.2, 0.25) is 0 Å². The van der Waals surface area contributed by atoms with Crippen molar-refractivity contribution in [1.29, 1.82) is 0 Å². The van der Waals surface area contributed by atoms with Gasteiger partial charge in [0.05, 0.1) is 0 Å². The summed E-state index contributed by atoms with van der Waals surface area (Å²) in [6.07, 6.45) is 4.89. The second-order valence-corrected chi connectivity index (χ2v) is 6.35. The van der Waals surface area contributed by atoms with Crippen LogP contribution in [-0.2, 0) is 19.4 Å². The summed E-state index contributed by atoms with van der Waals surface area (Å²) in [5, 5.41) is 4.95. The fourth-order valence-corrected chi connectivity index (χ4v) is 3.74. The minimum absolute atomic E-state index is 0. The summed E-state index contributed by atoms with van der Waals surface area (Å²) < 4.78 is 2.54. The Bertz CT molecular complexity index is 825. The van der Waals surface area contributed by atoms with Gasteiger partial charge in [0.25, 0.3) is 0 Å². The molecule has 0 spiro atoms. The molecule has 0 amide bonds. The largest absolute Gasteiger partial charge is 0.399 e. The first kappa shape index (κ1) is 19.5. The maximum atomic E-state index is 5.74. The molecule has 0 unspecified atom stereocenters. The summed E-state index contributed by atoms with van der Waals surface area (Å²) >= 11 is 0. The molecule has 4 rings (SSSR count). The minimum Gasteiger partial charge on any atom is -0.399 e. The lowest BCUT2D eigenvalue weighted by atomic mass is 10.0. The number of nitrogen functional groups attached to an aromatic ring is 1. The van der Waals surface area contributed by atoms with Gasteiger partial charge < -0.3 is 15.6 Å². The van der Waals surface area contributed by atoms with Crippen molar-refractivity contribution in [3.05, 3.63) is 59.8 Å². The van der Waals surface area contributed by atoms with Crippen LogP contribution in [0.3, 0.4) is 0 Å². The van der Waals surface area contributed by atoms with Crippen LogP contribution in [0.25, 0.3) is 10.9 Å². The highest BCUT2D eigenvalue weighted by Gasteiger charge is 2.18. The number of fused-ring (bicyclic) bond motifs is 3. The molecule has 2 heterocycles. The molecule has 0 saturated carbocycles. The number of halogens is 2. The first-order valence-electron chi connectivity index (χ1n) is 8.51. The van der Waals surface area contributed by atoms with Gasteiger partial charge in [0, 0.05) is 41.1 Å². The molecule has 0 radical (unpaired) electrons. The number of aryl methyl sites for hydroxylation is 1. The highest BCUT2D eigenvalue weighted by Crippen LogP contribution is 2.31. The molecular formula is C20H25Cl2N3. The molecule has 0 saturated heterocycles. The van der Waals surface area contributed by atoms with Crippen molar-refractivity contribution in [3.8, 4) is 0 Å². The van der Waals surface area contributed by atoms with Crippen molar-refractivity contribution in [2.75, 3.05) is 17.6 Å². The van der Waals surface area contributed by atoms with Crippen LogP contribution in [0.15, 0.2) is 48.5 Å². The molecule has 1 aromatic heterocycles. The first-order valence-corrected chi connectivity index (χ1v) is 8.51. The third kappa shape index (κ3) is 3.88. The maximum absolute atomic E-state index is 5.74. The lowest BCUT2D eigenvalue weighted by molar-refractivity contribution is 0.541. The SMILES string of the molecule is Cl.Cl.Nc1ccc(NCCc2c3n(c4ccccc24)CCCC3)cc1. The molecule has 0 fully saturated rings. The van der Waals surface area contributed by atoms with E-state index in [1.165, 1.54) is 42.3 Å². The average molecular weight is 378 g/mol. The Morgan fingerprint density at radius 2 is 1.72 bits per heavy atom. The van der Waals surface area contributed by atoms with Gasteiger partial charge >= 0.3 is 0 Å². The molecule has 5 heteroatoms. The molecule has 1 aliphatic rings. The van der Waals surface area contributed by atoms with Gasteiger partial charge in [0.2, 0.25) is 0 Å².